The highest BCUT2D eigenvalue weighted by atomic mass is 32.2. The third-order valence-corrected chi connectivity index (χ3v) is 5.62. The van der Waals surface area contributed by atoms with Gasteiger partial charge in [0.1, 0.15) is 5.60 Å². The van der Waals surface area contributed by atoms with E-state index in [-0.39, 0.29) is 11.4 Å². The Morgan fingerprint density at radius 3 is 2.50 bits per heavy atom. The zero-order valence-electron chi connectivity index (χ0n) is 16.6. The third kappa shape index (κ3) is 5.78. The van der Waals surface area contributed by atoms with Gasteiger partial charge in [0.2, 0.25) is 10.0 Å². The fraction of sp³-hybridized carbons (Fsp3) is 0.444. The Bertz CT molecular complexity index is 904. The Morgan fingerprint density at radius 2 is 1.96 bits per heavy atom. The Hall–Kier alpha value is -2.43. The third-order valence-electron chi connectivity index (χ3n) is 4.19. The van der Waals surface area contributed by atoms with E-state index in [1.807, 2.05) is 6.92 Å². The molecule has 1 aromatic heterocycles. The van der Waals surface area contributed by atoms with E-state index in [1.54, 1.807) is 55.3 Å². The molecular formula is C18H28N6O3S. The van der Waals surface area contributed by atoms with Crippen LogP contribution >= 0.6 is 0 Å². The highest BCUT2D eigenvalue weighted by molar-refractivity contribution is 7.89. The van der Waals surface area contributed by atoms with Gasteiger partial charge < -0.3 is 15.7 Å². The molecule has 10 heteroatoms. The van der Waals surface area contributed by atoms with Crippen molar-refractivity contribution in [2.75, 3.05) is 20.1 Å². The highest BCUT2D eigenvalue weighted by Gasteiger charge is 2.25. The molecule has 0 aliphatic rings. The largest absolute Gasteiger partial charge is 0.383 e. The molecule has 4 N–H and O–H groups in total. The molecule has 0 amide bonds. The van der Waals surface area contributed by atoms with Crippen molar-refractivity contribution in [1.82, 2.24) is 25.1 Å². The zero-order valence-corrected chi connectivity index (χ0v) is 17.4. The van der Waals surface area contributed by atoms with E-state index in [0.29, 0.717) is 24.6 Å². The Kier molecular flexibility index (Phi) is 7.17. The summed E-state index contributed by atoms with van der Waals surface area (Å²) < 4.78 is 27.5. The molecular weight excluding hydrogens is 380 g/mol. The molecule has 0 fully saturated rings. The summed E-state index contributed by atoms with van der Waals surface area (Å²) >= 11 is 0. The Morgan fingerprint density at radius 1 is 1.29 bits per heavy atom. The summed E-state index contributed by atoms with van der Waals surface area (Å²) in [6.07, 6.45) is 3.40. The molecule has 1 atom stereocenters. The van der Waals surface area contributed by atoms with Gasteiger partial charge in [0.25, 0.3) is 0 Å². The van der Waals surface area contributed by atoms with Gasteiger partial charge in [0.05, 0.1) is 24.2 Å². The molecule has 0 saturated carbocycles. The summed E-state index contributed by atoms with van der Waals surface area (Å²) in [5, 5.41) is 21.0. The van der Waals surface area contributed by atoms with Crippen LogP contribution in [-0.2, 0) is 29.2 Å². The van der Waals surface area contributed by atoms with Crippen molar-refractivity contribution >= 4 is 16.0 Å². The van der Waals surface area contributed by atoms with E-state index < -0.39 is 15.6 Å². The minimum Gasteiger partial charge on any atom is -0.383 e. The van der Waals surface area contributed by atoms with Crippen molar-refractivity contribution in [1.29, 1.82) is 0 Å². The lowest BCUT2D eigenvalue weighted by atomic mass is 10.00. The first-order valence-electron chi connectivity index (χ1n) is 8.94. The number of sulfonamides is 1. The number of nitrogens with zero attached hydrogens (tertiary/aromatic N) is 3. The van der Waals surface area contributed by atoms with Crippen molar-refractivity contribution in [3.63, 3.8) is 0 Å². The van der Waals surface area contributed by atoms with Gasteiger partial charge >= 0.3 is 0 Å². The molecule has 154 valence electrons. The average molecular weight is 409 g/mol. The number of aryl methyl sites for hydroxylation is 1. The van der Waals surface area contributed by atoms with Crippen LogP contribution in [0, 0.1) is 0 Å². The molecule has 0 aliphatic carbocycles. The van der Waals surface area contributed by atoms with E-state index >= 15 is 0 Å². The van der Waals surface area contributed by atoms with Crippen molar-refractivity contribution in [2.45, 2.75) is 30.9 Å². The predicted molar refractivity (Wildman–Crippen MR) is 108 cm³/mol. The monoisotopic (exact) mass is 408 g/mol. The van der Waals surface area contributed by atoms with Crippen molar-refractivity contribution < 1.29 is 13.5 Å². The number of aliphatic hydroxyl groups is 1. The molecule has 1 unspecified atom stereocenters. The smallest absolute Gasteiger partial charge is 0.240 e. The molecule has 0 radical (unpaired) electrons. The molecule has 1 heterocycles. The van der Waals surface area contributed by atoms with E-state index in [2.05, 4.69) is 25.4 Å². The number of aliphatic imine (C=N–C) groups is 1. The van der Waals surface area contributed by atoms with E-state index in [0.717, 1.165) is 5.56 Å². The molecule has 9 nitrogen and oxygen atoms in total. The lowest BCUT2D eigenvalue weighted by Crippen LogP contribution is -2.44. The normalized spacial score (nSPS) is 14.5. The molecule has 1 aromatic carbocycles. The summed E-state index contributed by atoms with van der Waals surface area (Å²) in [4.78, 5) is 4.70. The fourth-order valence-electron chi connectivity index (χ4n) is 2.46. The van der Waals surface area contributed by atoms with Gasteiger partial charge in [-0.25, -0.2) is 18.1 Å². The number of hydrogen-bond acceptors (Lipinski definition) is 5. The molecule has 0 aliphatic heterocycles. The standard InChI is InChI=1S/C18H28N6O3S/c1-5-20-17(22-13-18(2,25)15-11-23-24(4)12-15)21-10-14-6-8-16(9-7-14)28(26,27)19-3/h6-9,11-12,19,25H,5,10,13H2,1-4H3,(H2,20,21,22). The van der Waals surface area contributed by atoms with Crippen LogP contribution in [0.2, 0.25) is 0 Å². The van der Waals surface area contributed by atoms with E-state index in [9.17, 15) is 13.5 Å². The van der Waals surface area contributed by atoms with Crippen LogP contribution in [0.4, 0.5) is 0 Å². The molecule has 2 aromatic rings. The van der Waals surface area contributed by atoms with Crippen LogP contribution in [0.1, 0.15) is 25.0 Å². The number of guanidine groups is 1. The first-order valence-corrected chi connectivity index (χ1v) is 10.4. The van der Waals surface area contributed by atoms with Crippen LogP contribution < -0.4 is 15.4 Å². The second-order valence-electron chi connectivity index (χ2n) is 6.58. The molecule has 2 rings (SSSR count). The van der Waals surface area contributed by atoms with Crippen LogP contribution in [0.25, 0.3) is 0 Å². The second kappa shape index (κ2) is 9.18. The molecule has 0 spiro atoms. The molecule has 0 saturated heterocycles. The summed E-state index contributed by atoms with van der Waals surface area (Å²) in [5.41, 5.74) is 0.471. The van der Waals surface area contributed by atoms with E-state index in [1.165, 1.54) is 7.05 Å². The quantitative estimate of drug-likeness (QED) is 0.368. The van der Waals surface area contributed by atoms with Crippen molar-refractivity contribution in [3.8, 4) is 0 Å². The summed E-state index contributed by atoms with van der Waals surface area (Å²) in [6.45, 7) is 4.95. The number of aromatic nitrogens is 2. The summed E-state index contributed by atoms with van der Waals surface area (Å²) in [7, 11) is -0.275. The SMILES string of the molecule is CCNC(=NCc1ccc(S(=O)(=O)NC)cc1)NCC(C)(O)c1cnn(C)c1. The zero-order chi connectivity index (χ0) is 20.8. The van der Waals surface area contributed by atoms with Crippen molar-refractivity contribution in [2.24, 2.45) is 12.0 Å². The van der Waals surface area contributed by atoms with Gasteiger partial charge in [0, 0.05) is 25.4 Å². The first kappa shape index (κ1) is 21.9. The van der Waals surface area contributed by atoms with Gasteiger partial charge in [-0.3, -0.25) is 4.68 Å². The number of benzene rings is 1. The Balaban J connectivity index is 2.04. The van der Waals surface area contributed by atoms with Gasteiger partial charge in [0.15, 0.2) is 5.96 Å². The average Bonchev–Trinajstić information content (AvgIpc) is 3.12. The van der Waals surface area contributed by atoms with Gasteiger partial charge in [-0.15, -0.1) is 0 Å². The summed E-state index contributed by atoms with van der Waals surface area (Å²) in [6, 6.07) is 6.54. The van der Waals surface area contributed by atoms with Crippen LogP contribution in [-0.4, -0.2) is 49.4 Å². The number of rotatable bonds is 8. The lowest BCUT2D eigenvalue weighted by molar-refractivity contribution is 0.0616. The molecule has 0 bridgehead atoms. The highest BCUT2D eigenvalue weighted by Crippen LogP contribution is 2.18. The number of hydrogen-bond donors (Lipinski definition) is 4. The van der Waals surface area contributed by atoms with Gasteiger partial charge in [-0.2, -0.15) is 5.10 Å². The topological polar surface area (TPSA) is 121 Å². The van der Waals surface area contributed by atoms with Gasteiger partial charge in [-0.05, 0) is 38.6 Å². The lowest BCUT2D eigenvalue weighted by Gasteiger charge is -2.23. The van der Waals surface area contributed by atoms with E-state index in [4.69, 9.17) is 0 Å². The van der Waals surface area contributed by atoms with Crippen LogP contribution in [0.5, 0.6) is 0 Å². The first-order chi connectivity index (χ1) is 13.2. The Labute approximate surface area is 165 Å². The van der Waals surface area contributed by atoms with Crippen molar-refractivity contribution in [3.05, 3.63) is 47.8 Å². The second-order valence-corrected chi connectivity index (χ2v) is 8.46. The minimum absolute atomic E-state index is 0.209. The predicted octanol–water partition coefficient (Wildman–Crippen LogP) is 0.291. The summed E-state index contributed by atoms with van der Waals surface area (Å²) in [5.74, 6) is 0.554. The maximum absolute atomic E-state index is 11.8. The fourth-order valence-corrected chi connectivity index (χ4v) is 3.19. The minimum atomic E-state index is -3.45. The van der Waals surface area contributed by atoms with Gasteiger partial charge in [-0.1, -0.05) is 12.1 Å². The number of nitrogens with one attached hydrogen (secondary N) is 3. The maximum Gasteiger partial charge on any atom is 0.240 e. The van der Waals surface area contributed by atoms with Crippen LogP contribution in [0.3, 0.4) is 0 Å². The van der Waals surface area contributed by atoms with Crippen LogP contribution in [0.15, 0.2) is 46.5 Å². The molecule has 28 heavy (non-hydrogen) atoms. The maximum atomic E-state index is 11.8.